The number of halogens is 1. The monoisotopic (exact) mass is 413 g/mol. The number of nitrogens with zero attached hydrogens (tertiary/aromatic N) is 3. The number of carbonyl (C=O) groups excluding carboxylic acids is 1. The van der Waals surface area contributed by atoms with E-state index in [1.54, 1.807) is 11.0 Å². The van der Waals surface area contributed by atoms with Gasteiger partial charge in [-0.1, -0.05) is 48.9 Å². The van der Waals surface area contributed by atoms with Crippen LogP contribution >= 0.6 is 11.3 Å². The van der Waals surface area contributed by atoms with Crippen LogP contribution in [0.3, 0.4) is 0 Å². The summed E-state index contributed by atoms with van der Waals surface area (Å²) in [6.45, 7) is 11.5. The fraction of sp³-hybridized carbons (Fsp3) is 0.391. The summed E-state index contributed by atoms with van der Waals surface area (Å²) in [7, 11) is 0. The van der Waals surface area contributed by atoms with Gasteiger partial charge in [0.25, 0.3) is 0 Å². The lowest BCUT2D eigenvalue weighted by Gasteiger charge is -2.25. The minimum absolute atomic E-state index is 0.0189. The highest BCUT2D eigenvalue weighted by molar-refractivity contribution is 7.22. The van der Waals surface area contributed by atoms with Crippen LogP contribution in [0.4, 0.5) is 9.52 Å². The van der Waals surface area contributed by atoms with Crippen molar-refractivity contribution in [2.75, 3.05) is 31.1 Å². The van der Waals surface area contributed by atoms with E-state index in [1.807, 2.05) is 13.8 Å². The Hall–Kier alpha value is -2.31. The molecule has 3 rings (SSSR count). The molecule has 0 bridgehead atoms. The molecule has 0 aliphatic carbocycles. The average molecular weight is 414 g/mol. The molecular formula is C23H28FN3OS. The van der Waals surface area contributed by atoms with Crippen LogP contribution < -0.4 is 4.90 Å². The van der Waals surface area contributed by atoms with Crippen molar-refractivity contribution in [2.24, 2.45) is 0 Å². The predicted molar refractivity (Wildman–Crippen MR) is 119 cm³/mol. The number of thiazole rings is 1. The number of hydrogen-bond donors (Lipinski definition) is 0. The van der Waals surface area contributed by atoms with Crippen molar-refractivity contribution in [2.45, 2.75) is 34.1 Å². The summed E-state index contributed by atoms with van der Waals surface area (Å²) in [6, 6.07) is 10.7. The molecule has 0 saturated carbocycles. The van der Waals surface area contributed by atoms with Gasteiger partial charge in [0.15, 0.2) is 5.13 Å². The number of anilines is 1. The van der Waals surface area contributed by atoms with Gasteiger partial charge in [0.05, 0.1) is 16.6 Å². The van der Waals surface area contributed by atoms with Crippen LogP contribution in [0.15, 0.2) is 36.4 Å². The molecule has 0 saturated heterocycles. The molecule has 0 aliphatic rings. The zero-order valence-corrected chi connectivity index (χ0v) is 18.4. The molecule has 0 radical (unpaired) electrons. The molecule has 6 heteroatoms. The van der Waals surface area contributed by atoms with E-state index < -0.39 is 0 Å². The van der Waals surface area contributed by atoms with Gasteiger partial charge < -0.3 is 4.90 Å². The molecule has 0 N–H and O–H groups in total. The Morgan fingerprint density at radius 1 is 1.07 bits per heavy atom. The normalized spacial score (nSPS) is 11.4. The van der Waals surface area contributed by atoms with Gasteiger partial charge in [-0.2, -0.15) is 0 Å². The molecule has 0 aliphatic heterocycles. The van der Waals surface area contributed by atoms with Gasteiger partial charge in [-0.3, -0.25) is 9.69 Å². The van der Waals surface area contributed by atoms with Crippen LogP contribution in [0, 0.1) is 19.7 Å². The highest BCUT2D eigenvalue weighted by atomic mass is 32.1. The summed E-state index contributed by atoms with van der Waals surface area (Å²) in [5, 5.41) is 0.632. The van der Waals surface area contributed by atoms with E-state index in [1.165, 1.54) is 23.5 Å². The largest absolute Gasteiger partial charge is 0.302 e. The quantitative estimate of drug-likeness (QED) is 0.523. The van der Waals surface area contributed by atoms with E-state index in [0.29, 0.717) is 18.1 Å². The lowest BCUT2D eigenvalue weighted by Crippen LogP contribution is -2.39. The van der Waals surface area contributed by atoms with Gasteiger partial charge in [-0.15, -0.1) is 0 Å². The summed E-state index contributed by atoms with van der Waals surface area (Å²) >= 11 is 1.37. The second-order valence-corrected chi connectivity index (χ2v) is 8.30. The van der Waals surface area contributed by atoms with Crippen molar-refractivity contribution in [3.63, 3.8) is 0 Å². The molecule has 154 valence electrons. The molecule has 3 aromatic rings. The van der Waals surface area contributed by atoms with Crippen LogP contribution in [0.5, 0.6) is 0 Å². The summed E-state index contributed by atoms with van der Waals surface area (Å²) in [5.41, 5.74) is 4.01. The van der Waals surface area contributed by atoms with Crippen molar-refractivity contribution < 1.29 is 9.18 Å². The molecular weight excluding hydrogens is 385 g/mol. The number of amides is 1. The smallest absolute Gasteiger partial charge is 0.233 e. The highest BCUT2D eigenvalue weighted by Gasteiger charge is 2.21. The van der Waals surface area contributed by atoms with Crippen LogP contribution in [-0.4, -0.2) is 42.0 Å². The van der Waals surface area contributed by atoms with E-state index in [4.69, 9.17) is 0 Å². The first kappa shape index (κ1) is 21.4. The summed E-state index contributed by atoms with van der Waals surface area (Å²) in [5.74, 6) is -0.269. The van der Waals surface area contributed by atoms with Gasteiger partial charge in [0.1, 0.15) is 5.82 Å². The zero-order chi connectivity index (χ0) is 21.0. The molecule has 2 aromatic carbocycles. The summed E-state index contributed by atoms with van der Waals surface area (Å²) in [4.78, 5) is 22.0. The lowest BCUT2D eigenvalue weighted by molar-refractivity contribution is -0.118. The molecule has 0 fully saturated rings. The fourth-order valence-corrected chi connectivity index (χ4v) is 4.39. The second kappa shape index (κ2) is 9.46. The van der Waals surface area contributed by atoms with E-state index in [-0.39, 0.29) is 11.7 Å². The third-order valence-corrected chi connectivity index (χ3v) is 6.29. The van der Waals surface area contributed by atoms with Crippen LogP contribution in [-0.2, 0) is 11.2 Å². The molecule has 0 unspecified atom stereocenters. The molecule has 0 spiro atoms. The van der Waals surface area contributed by atoms with Crippen molar-refractivity contribution in [1.82, 2.24) is 9.88 Å². The van der Waals surface area contributed by atoms with Gasteiger partial charge in [0.2, 0.25) is 5.91 Å². The zero-order valence-electron chi connectivity index (χ0n) is 17.5. The Morgan fingerprint density at radius 3 is 2.55 bits per heavy atom. The first-order chi connectivity index (χ1) is 13.9. The van der Waals surface area contributed by atoms with Crippen LogP contribution in [0.2, 0.25) is 0 Å². The fourth-order valence-electron chi connectivity index (χ4n) is 3.36. The van der Waals surface area contributed by atoms with Gasteiger partial charge in [-0.25, -0.2) is 9.37 Å². The number of fused-ring (bicyclic) bond motifs is 1. The van der Waals surface area contributed by atoms with E-state index in [2.05, 4.69) is 41.9 Å². The minimum atomic E-state index is -0.288. The Bertz CT molecular complexity index is 997. The van der Waals surface area contributed by atoms with E-state index in [0.717, 1.165) is 46.5 Å². The van der Waals surface area contributed by atoms with Crippen LogP contribution in [0.1, 0.15) is 30.5 Å². The maximum atomic E-state index is 13.6. The second-order valence-electron chi connectivity index (χ2n) is 7.29. The number of benzene rings is 2. The number of carbonyl (C=O) groups is 1. The van der Waals surface area contributed by atoms with E-state index >= 15 is 0 Å². The maximum Gasteiger partial charge on any atom is 0.233 e. The topological polar surface area (TPSA) is 36.4 Å². The van der Waals surface area contributed by atoms with Crippen LogP contribution in [0.25, 0.3) is 10.2 Å². The third kappa shape index (κ3) is 5.19. The lowest BCUT2D eigenvalue weighted by atomic mass is 10.0. The number of hydrogen-bond acceptors (Lipinski definition) is 4. The number of aryl methyl sites for hydroxylation is 2. The van der Waals surface area contributed by atoms with Crippen molar-refractivity contribution in [3.8, 4) is 0 Å². The summed E-state index contributed by atoms with van der Waals surface area (Å²) < 4.78 is 14.4. The summed E-state index contributed by atoms with van der Waals surface area (Å²) in [6.07, 6.45) is 0.329. The Kier molecular flexibility index (Phi) is 6.98. The SMILES string of the molecule is CCN(CC)CCN(C(=O)Cc1cc(C)ccc1C)c1nc2ccc(F)cc2s1. The molecule has 1 aromatic heterocycles. The maximum absolute atomic E-state index is 13.6. The molecule has 29 heavy (non-hydrogen) atoms. The minimum Gasteiger partial charge on any atom is -0.302 e. The number of likely N-dealkylation sites (N-methyl/N-ethyl adjacent to an activating group) is 1. The Morgan fingerprint density at radius 2 is 1.83 bits per heavy atom. The van der Waals surface area contributed by atoms with Gasteiger partial charge in [0, 0.05) is 13.1 Å². The van der Waals surface area contributed by atoms with Gasteiger partial charge >= 0.3 is 0 Å². The van der Waals surface area contributed by atoms with E-state index in [9.17, 15) is 9.18 Å². The van der Waals surface area contributed by atoms with Crippen molar-refractivity contribution in [3.05, 3.63) is 58.9 Å². The Labute approximate surface area is 176 Å². The van der Waals surface area contributed by atoms with Crippen molar-refractivity contribution in [1.29, 1.82) is 0 Å². The van der Waals surface area contributed by atoms with Gasteiger partial charge in [-0.05, 0) is 56.3 Å². The number of aromatic nitrogens is 1. The Balaban J connectivity index is 1.90. The average Bonchev–Trinajstić information content (AvgIpc) is 3.10. The standard InChI is InChI=1S/C23H28FN3OS/c1-5-26(6-2)11-12-27(22(28)14-18-13-16(3)7-8-17(18)4)23-25-20-10-9-19(24)15-21(20)29-23/h7-10,13,15H,5-6,11-12,14H2,1-4H3. The molecule has 0 atom stereocenters. The molecule has 4 nitrogen and oxygen atoms in total. The first-order valence-corrected chi connectivity index (χ1v) is 10.9. The first-order valence-electron chi connectivity index (χ1n) is 10.1. The predicted octanol–water partition coefficient (Wildman–Crippen LogP) is 4.97. The van der Waals surface area contributed by atoms with Crippen molar-refractivity contribution >= 4 is 32.6 Å². The third-order valence-electron chi connectivity index (χ3n) is 5.25. The highest BCUT2D eigenvalue weighted by Crippen LogP contribution is 2.30. The molecule has 1 heterocycles. The number of rotatable bonds is 8. The molecule has 1 amide bonds.